The zero-order valence-electron chi connectivity index (χ0n) is 13.6. The molecule has 1 aliphatic rings. The molecule has 0 aromatic carbocycles. The van der Waals surface area contributed by atoms with Gasteiger partial charge in [-0.3, -0.25) is 4.79 Å². The summed E-state index contributed by atoms with van der Waals surface area (Å²) in [4.78, 5) is 11.7. The van der Waals surface area contributed by atoms with Crippen molar-refractivity contribution in [1.29, 1.82) is 0 Å². The van der Waals surface area contributed by atoms with E-state index in [0.717, 1.165) is 25.7 Å². The predicted molar refractivity (Wildman–Crippen MR) is 84.9 cm³/mol. The Balaban J connectivity index is 2.29. The van der Waals surface area contributed by atoms with Gasteiger partial charge in [0, 0.05) is 0 Å². The zero-order valence-corrected chi connectivity index (χ0v) is 13.6. The molecule has 0 aromatic heterocycles. The molecule has 1 saturated carbocycles. The molecule has 0 aliphatic heterocycles. The summed E-state index contributed by atoms with van der Waals surface area (Å²) in [6.07, 6.45) is 15.7. The van der Waals surface area contributed by atoms with Gasteiger partial charge in [-0.1, -0.05) is 71.1 Å². The number of carboxylic acids is 1. The summed E-state index contributed by atoms with van der Waals surface area (Å²) in [5, 5.41) is 9.66. The number of hydrogen-bond donors (Lipinski definition) is 1. The van der Waals surface area contributed by atoms with Gasteiger partial charge in [-0.15, -0.1) is 0 Å². The Morgan fingerprint density at radius 1 is 1.00 bits per heavy atom. The molecule has 1 atom stereocenters. The standard InChI is InChI=1S/C18H34O2/c1-3-4-5-6-7-8-12-15-18(2,17(19)20)16-13-10-9-11-14-16/h16H,3-15H2,1-2H3,(H,19,20). The van der Waals surface area contributed by atoms with Crippen molar-refractivity contribution in [2.45, 2.75) is 97.3 Å². The van der Waals surface area contributed by atoms with Crippen LogP contribution in [0, 0.1) is 11.3 Å². The molecule has 2 heteroatoms. The van der Waals surface area contributed by atoms with Crippen LogP contribution in [0.3, 0.4) is 0 Å². The number of hydrogen-bond acceptors (Lipinski definition) is 1. The van der Waals surface area contributed by atoms with Crippen molar-refractivity contribution >= 4 is 5.97 Å². The minimum Gasteiger partial charge on any atom is -0.481 e. The van der Waals surface area contributed by atoms with Crippen molar-refractivity contribution in [3.05, 3.63) is 0 Å². The van der Waals surface area contributed by atoms with Gasteiger partial charge < -0.3 is 5.11 Å². The number of carboxylic acid groups (broad SMARTS) is 1. The quantitative estimate of drug-likeness (QED) is 0.514. The van der Waals surface area contributed by atoms with Crippen molar-refractivity contribution < 1.29 is 9.90 Å². The number of aliphatic carboxylic acids is 1. The molecule has 1 aliphatic carbocycles. The molecule has 0 spiro atoms. The second kappa shape index (κ2) is 9.41. The average molecular weight is 282 g/mol. The number of rotatable bonds is 10. The molecule has 1 N–H and O–H groups in total. The molecule has 0 heterocycles. The molecule has 1 unspecified atom stereocenters. The Bertz CT molecular complexity index is 269. The van der Waals surface area contributed by atoms with Crippen molar-refractivity contribution in [1.82, 2.24) is 0 Å². The van der Waals surface area contributed by atoms with Gasteiger partial charge in [-0.2, -0.15) is 0 Å². The van der Waals surface area contributed by atoms with Gasteiger partial charge >= 0.3 is 5.97 Å². The van der Waals surface area contributed by atoms with Gasteiger partial charge in [0.15, 0.2) is 0 Å². The fourth-order valence-electron chi connectivity index (χ4n) is 3.67. The van der Waals surface area contributed by atoms with Crippen molar-refractivity contribution in [3.63, 3.8) is 0 Å². The summed E-state index contributed by atoms with van der Waals surface area (Å²) >= 11 is 0. The molecule has 0 bridgehead atoms. The lowest BCUT2D eigenvalue weighted by molar-refractivity contribution is -0.153. The van der Waals surface area contributed by atoms with Gasteiger partial charge in [0.25, 0.3) is 0 Å². The smallest absolute Gasteiger partial charge is 0.309 e. The minimum absolute atomic E-state index is 0.411. The van der Waals surface area contributed by atoms with E-state index in [1.165, 1.54) is 57.8 Å². The van der Waals surface area contributed by atoms with Crippen molar-refractivity contribution in [3.8, 4) is 0 Å². The first kappa shape index (κ1) is 17.5. The Labute approximate surface area is 125 Å². The highest BCUT2D eigenvalue weighted by molar-refractivity contribution is 5.74. The van der Waals surface area contributed by atoms with Gasteiger partial charge in [-0.05, 0) is 32.1 Å². The molecule has 2 nitrogen and oxygen atoms in total. The summed E-state index contributed by atoms with van der Waals surface area (Å²) in [7, 11) is 0. The normalized spacial score (nSPS) is 19.7. The van der Waals surface area contributed by atoms with E-state index in [0.29, 0.717) is 5.92 Å². The van der Waals surface area contributed by atoms with E-state index >= 15 is 0 Å². The highest BCUT2D eigenvalue weighted by atomic mass is 16.4. The largest absolute Gasteiger partial charge is 0.481 e. The van der Waals surface area contributed by atoms with E-state index in [2.05, 4.69) is 6.92 Å². The van der Waals surface area contributed by atoms with E-state index in [9.17, 15) is 9.90 Å². The Morgan fingerprint density at radius 2 is 1.55 bits per heavy atom. The second-order valence-electron chi connectivity index (χ2n) is 6.93. The molecule has 1 fully saturated rings. The van der Waals surface area contributed by atoms with Gasteiger partial charge in [0.05, 0.1) is 5.41 Å². The summed E-state index contributed by atoms with van der Waals surface area (Å²) in [5.41, 5.74) is -0.468. The maximum absolute atomic E-state index is 11.7. The number of carbonyl (C=O) groups is 1. The molecular weight excluding hydrogens is 248 g/mol. The van der Waals surface area contributed by atoms with Crippen LogP contribution in [0.4, 0.5) is 0 Å². The van der Waals surface area contributed by atoms with E-state index in [1.807, 2.05) is 6.92 Å². The maximum Gasteiger partial charge on any atom is 0.309 e. The summed E-state index contributed by atoms with van der Waals surface area (Å²) in [6.45, 7) is 4.24. The highest BCUT2D eigenvalue weighted by Crippen LogP contribution is 2.42. The Morgan fingerprint density at radius 3 is 2.10 bits per heavy atom. The topological polar surface area (TPSA) is 37.3 Å². The molecular formula is C18H34O2. The molecule has 0 amide bonds. The molecule has 118 valence electrons. The lowest BCUT2D eigenvalue weighted by Gasteiger charge is -2.36. The van der Waals surface area contributed by atoms with E-state index < -0.39 is 11.4 Å². The third kappa shape index (κ3) is 5.46. The van der Waals surface area contributed by atoms with Gasteiger partial charge in [0.1, 0.15) is 0 Å². The van der Waals surface area contributed by atoms with Crippen LogP contribution in [0.25, 0.3) is 0 Å². The lowest BCUT2D eigenvalue weighted by Crippen LogP contribution is -2.37. The van der Waals surface area contributed by atoms with E-state index in [1.54, 1.807) is 0 Å². The summed E-state index contributed by atoms with van der Waals surface area (Å²) in [5.74, 6) is -0.149. The van der Waals surface area contributed by atoms with Crippen LogP contribution in [0.2, 0.25) is 0 Å². The van der Waals surface area contributed by atoms with Crippen LogP contribution in [0.1, 0.15) is 97.3 Å². The molecule has 1 rings (SSSR count). The van der Waals surface area contributed by atoms with E-state index in [4.69, 9.17) is 0 Å². The summed E-state index contributed by atoms with van der Waals surface area (Å²) < 4.78 is 0. The fraction of sp³-hybridized carbons (Fsp3) is 0.944. The molecule has 0 saturated heterocycles. The minimum atomic E-state index is -0.560. The Hall–Kier alpha value is -0.530. The maximum atomic E-state index is 11.7. The molecule has 20 heavy (non-hydrogen) atoms. The van der Waals surface area contributed by atoms with Gasteiger partial charge in [0.2, 0.25) is 0 Å². The first-order valence-electron chi connectivity index (χ1n) is 8.84. The van der Waals surface area contributed by atoms with Crippen molar-refractivity contribution in [2.75, 3.05) is 0 Å². The third-order valence-electron chi connectivity index (χ3n) is 5.29. The summed E-state index contributed by atoms with van der Waals surface area (Å²) in [6, 6.07) is 0. The molecule has 0 radical (unpaired) electrons. The number of unbranched alkanes of at least 4 members (excludes halogenated alkanes) is 6. The van der Waals surface area contributed by atoms with Crippen molar-refractivity contribution in [2.24, 2.45) is 11.3 Å². The first-order chi connectivity index (χ1) is 9.61. The SMILES string of the molecule is CCCCCCCCCC(C)(C(=O)O)C1CCCCC1. The third-order valence-corrected chi connectivity index (χ3v) is 5.29. The monoisotopic (exact) mass is 282 g/mol. The average Bonchev–Trinajstić information content (AvgIpc) is 2.46. The fourth-order valence-corrected chi connectivity index (χ4v) is 3.67. The van der Waals surface area contributed by atoms with Gasteiger partial charge in [-0.25, -0.2) is 0 Å². The zero-order chi connectivity index (χ0) is 14.8. The lowest BCUT2D eigenvalue weighted by atomic mass is 9.67. The van der Waals surface area contributed by atoms with Crippen LogP contribution in [0.15, 0.2) is 0 Å². The molecule has 0 aromatic rings. The van der Waals surface area contributed by atoms with Crippen LogP contribution in [0.5, 0.6) is 0 Å². The van der Waals surface area contributed by atoms with Crippen LogP contribution in [-0.4, -0.2) is 11.1 Å². The van der Waals surface area contributed by atoms with Crippen LogP contribution >= 0.6 is 0 Å². The first-order valence-corrected chi connectivity index (χ1v) is 8.84. The second-order valence-corrected chi connectivity index (χ2v) is 6.93. The predicted octanol–water partition coefficient (Wildman–Crippen LogP) is 5.80. The Kier molecular flexibility index (Phi) is 8.25. The van der Waals surface area contributed by atoms with Crippen LogP contribution in [-0.2, 0) is 4.79 Å². The van der Waals surface area contributed by atoms with Crippen LogP contribution < -0.4 is 0 Å². The van der Waals surface area contributed by atoms with E-state index in [-0.39, 0.29) is 0 Å². The highest BCUT2D eigenvalue weighted by Gasteiger charge is 2.40.